The van der Waals surface area contributed by atoms with Gasteiger partial charge in [-0.05, 0) is 43.5 Å². The van der Waals surface area contributed by atoms with Crippen LogP contribution < -0.4 is 14.8 Å². The molecular formula is C18H25NO5. The summed E-state index contributed by atoms with van der Waals surface area (Å²) in [6.07, 6.45) is 4.34. The van der Waals surface area contributed by atoms with Gasteiger partial charge in [-0.25, -0.2) is 0 Å². The summed E-state index contributed by atoms with van der Waals surface area (Å²) in [5.74, 6) is 0.535. The number of hydrogen-bond donors (Lipinski definition) is 2. The normalized spacial score (nSPS) is 15.7. The molecule has 24 heavy (non-hydrogen) atoms. The molecule has 1 aromatic carbocycles. The minimum Gasteiger partial charge on any atom is -0.497 e. The minimum atomic E-state index is -0.861. The van der Waals surface area contributed by atoms with Crippen LogP contribution in [-0.4, -0.2) is 36.2 Å². The highest BCUT2D eigenvalue weighted by Crippen LogP contribution is 2.32. The SMILES string of the molecule is COc1ccc(OCCCC(=O)NC2(CC(=O)O)CCCC2)cc1. The maximum Gasteiger partial charge on any atom is 0.305 e. The van der Waals surface area contributed by atoms with E-state index < -0.39 is 11.5 Å². The lowest BCUT2D eigenvalue weighted by Crippen LogP contribution is -2.47. The first kappa shape index (κ1) is 18.1. The molecule has 1 saturated carbocycles. The smallest absolute Gasteiger partial charge is 0.305 e. The fourth-order valence-electron chi connectivity index (χ4n) is 3.14. The molecule has 132 valence electrons. The molecule has 1 aliphatic rings. The molecule has 1 fully saturated rings. The van der Waals surface area contributed by atoms with Gasteiger partial charge in [-0.15, -0.1) is 0 Å². The quantitative estimate of drug-likeness (QED) is 0.678. The molecule has 6 nitrogen and oxygen atoms in total. The maximum atomic E-state index is 12.1. The standard InChI is InChI=1S/C18H25NO5/c1-23-14-6-8-15(9-7-14)24-12-4-5-16(20)19-18(13-17(21)22)10-2-3-11-18/h6-9H,2-5,10-13H2,1H3,(H,19,20)(H,21,22). The molecule has 2 N–H and O–H groups in total. The predicted molar refractivity (Wildman–Crippen MR) is 89.3 cm³/mol. The van der Waals surface area contributed by atoms with Crippen molar-refractivity contribution in [3.05, 3.63) is 24.3 Å². The fraction of sp³-hybridized carbons (Fsp3) is 0.556. The van der Waals surface area contributed by atoms with E-state index in [-0.39, 0.29) is 12.3 Å². The molecule has 0 heterocycles. The largest absolute Gasteiger partial charge is 0.497 e. The number of methoxy groups -OCH3 is 1. The average molecular weight is 335 g/mol. The number of rotatable bonds is 9. The van der Waals surface area contributed by atoms with Crippen molar-refractivity contribution >= 4 is 11.9 Å². The Morgan fingerprint density at radius 2 is 1.79 bits per heavy atom. The van der Waals surface area contributed by atoms with Gasteiger partial charge in [0.2, 0.25) is 5.91 Å². The molecule has 0 radical (unpaired) electrons. The molecule has 2 rings (SSSR count). The molecule has 0 aromatic heterocycles. The summed E-state index contributed by atoms with van der Waals surface area (Å²) >= 11 is 0. The van der Waals surface area contributed by atoms with E-state index in [9.17, 15) is 9.59 Å². The molecule has 1 aromatic rings. The number of carbonyl (C=O) groups is 2. The lowest BCUT2D eigenvalue weighted by atomic mass is 9.93. The van der Waals surface area contributed by atoms with Crippen molar-refractivity contribution in [3.63, 3.8) is 0 Å². The van der Waals surface area contributed by atoms with Crippen LogP contribution in [0.1, 0.15) is 44.9 Å². The minimum absolute atomic E-state index is 0.00108. The van der Waals surface area contributed by atoms with Gasteiger partial charge in [-0.3, -0.25) is 9.59 Å². The van der Waals surface area contributed by atoms with E-state index in [4.69, 9.17) is 14.6 Å². The lowest BCUT2D eigenvalue weighted by Gasteiger charge is -2.28. The van der Waals surface area contributed by atoms with Crippen molar-refractivity contribution in [1.29, 1.82) is 0 Å². The summed E-state index contributed by atoms with van der Waals surface area (Å²) in [5.41, 5.74) is -0.556. The van der Waals surface area contributed by atoms with Gasteiger partial charge in [0.15, 0.2) is 0 Å². The zero-order valence-corrected chi connectivity index (χ0v) is 14.0. The fourth-order valence-corrected chi connectivity index (χ4v) is 3.14. The third-order valence-corrected chi connectivity index (χ3v) is 4.33. The number of aliphatic carboxylic acids is 1. The first-order valence-electron chi connectivity index (χ1n) is 8.33. The number of amides is 1. The van der Waals surface area contributed by atoms with E-state index in [0.29, 0.717) is 19.4 Å². The molecular weight excluding hydrogens is 310 g/mol. The summed E-state index contributed by atoms with van der Waals surface area (Å²) in [4.78, 5) is 23.1. The number of carbonyl (C=O) groups excluding carboxylic acids is 1. The summed E-state index contributed by atoms with van der Waals surface area (Å²) in [5, 5.41) is 12.0. The Morgan fingerprint density at radius 1 is 1.17 bits per heavy atom. The summed E-state index contributed by atoms with van der Waals surface area (Å²) in [6, 6.07) is 7.27. The van der Waals surface area contributed by atoms with Crippen LogP contribution in [0.3, 0.4) is 0 Å². The van der Waals surface area contributed by atoms with Gasteiger partial charge in [0, 0.05) is 6.42 Å². The number of hydrogen-bond acceptors (Lipinski definition) is 4. The number of carboxylic acids is 1. The molecule has 0 spiro atoms. The summed E-state index contributed by atoms with van der Waals surface area (Å²) < 4.78 is 10.7. The molecule has 0 bridgehead atoms. The monoisotopic (exact) mass is 335 g/mol. The van der Waals surface area contributed by atoms with Gasteiger partial charge in [-0.2, -0.15) is 0 Å². The predicted octanol–water partition coefficient (Wildman–Crippen LogP) is 2.76. The van der Waals surface area contributed by atoms with Crippen molar-refractivity contribution in [2.24, 2.45) is 0 Å². The first-order valence-corrected chi connectivity index (χ1v) is 8.33. The summed E-state index contributed by atoms with van der Waals surface area (Å²) in [6.45, 7) is 0.436. The Hall–Kier alpha value is -2.24. The second kappa shape index (κ2) is 8.57. The van der Waals surface area contributed by atoms with Crippen LogP contribution in [0.4, 0.5) is 0 Å². The first-order chi connectivity index (χ1) is 11.5. The molecule has 0 unspecified atom stereocenters. The second-order valence-electron chi connectivity index (χ2n) is 6.23. The van der Waals surface area contributed by atoms with Crippen molar-refractivity contribution in [2.75, 3.05) is 13.7 Å². The van der Waals surface area contributed by atoms with E-state index in [1.807, 2.05) is 24.3 Å². The van der Waals surface area contributed by atoms with E-state index in [1.165, 1.54) is 0 Å². The van der Waals surface area contributed by atoms with Crippen LogP contribution in [0.15, 0.2) is 24.3 Å². The van der Waals surface area contributed by atoms with Crippen molar-refractivity contribution < 1.29 is 24.2 Å². The number of nitrogens with one attached hydrogen (secondary N) is 1. The van der Waals surface area contributed by atoms with E-state index in [2.05, 4.69) is 5.32 Å². The number of benzene rings is 1. The Labute approximate surface area is 142 Å². The van der Waals surface area contributed by atoms with Crippen LogP contribution >= 0.6 is 0 Å². The van der Waals surface area contributed by atoms with Crippen LogP contribution in [0.5, 0.6) is 11.5 Å². The number of ether oxygens (including phenoxy) is 2. The van der Waals surface area contributed by atoms with Gasteiger partial charge in [0.1, 0.15) is 11.5 Å². The van der Waals surface area contributed by atoms with Crippen LogP contribution in [0.2, 0.25) is 0 Å². The highest BCUT2D eigenvalue weighted by atomic mass is 16.5. The van der Waals surface area contributed by atoms with E-state index in [0.717, 1.165) is 37.2 Å². The Kier molecular flexibility index (Phi) is 6.46. The highest BCUT2D eigenvalue weighted by molar-refractivity contribution is 5.78. The van der Waals surface area contributed by atoms with Crippen LogP contribution in [0, 0.1) is 0 Å². The van der Waals surface area contributed by atoms with Crippen LogP contribution in [-0.2, 0) is 9.59 Å². The van der Waals surface area contributed by atoms with Crippen LogP contribution in [0.25, 0.3) is 0 Å². The molecule has 1 amide bonds. The van der Waals surface area contributed by atoms with E-state index >= 15 is 0 Å². The Morgan fingerprint density at radius 3 is 2.38 bits per heavy atom. The number of carboxylic acid groups (broad SMARTS) is 1. The highest BCUT2D eigenvalue weighted by Gasteiger charge is 2.37. The van der Waals surface area contributed by atoms with Gasteiger partial charge < -0.3 is 19.9 Å². The molecule has 6 heteroatoms. The zero-order chi connectivity index (χ0) is 17.4. The average Bonchev–Trinajstić information content (AvgIpc) is 2.99. The third kappa shape index (κ3) is 5.44. The third-order valence-electron chi connectivity index (χ3n) is 4.33. The molecule has 0 saturated heterocycles. The van der Waals surface area contributed by atoms with Crippen molar-refractivity contribution in [3.8, 4) is 11.5 Å². The van der Waals surface area contributed by atoms with Gasteiger partial charge >= 0.3 is 5.97 Å². The van der Waals surface area contributed by atoms with Crippen molar-refractivity contribution in [1.82, 2.24) is 5.32 Å². The van der Waals surface area contributed by atoms with Gasteiger partial charge in [-0.1, -0.05) is 12.8 Å². The van der Waals surface area contributed by atoms with E-state index in [1.54, 1.807) is 7.11 Å². The van der Waals surface area contributed by atoms with Crippen molar-refractivity contribution in [2.45, 2.75) is 50.5 Å². The summed E-state index contributed by atoms with van der Waals surface area (Å²) in [7, 11) is 1.61. The zero-order valence-electron chi connectivity index (χ0n) is 14.0. The van der Waals surface area contributed by atoms with Gasteiger partial charge in [0.25, 0.3) is 0 Å². The second-order valence-corrected chi connectivity index (χ2v) is 6.23. The topological polar surface area (TPSA) is 84.9 Å². The molecule has 1 aliphatic carbocycles. The molecule has 0 aliphatic heterocycles. The Bertz CT molecular complexity index is 549. The molecule has 0 atom stereocenters. The van der Waals surface area contributed by atoms with Gasteiger partial charge in [0.05, 0.1) is 25.7 Å². The lowest BCUT2D eigenvalue weighted by molar-refractivity contribution is -0.139. The maximum absolute atomic E-state index is 12.1. The Balaban J connectivity index is 1.71.